The number of hydrogen-bond acceptors (Lipinski definition) is 2. The van der Waals surface area contributed by atoms with E-state index in [1.165, 1.54) is 0 Å². The molecule has 1 aromatic heterocycles. The lowest BCUT2D eigenvalue weighted by Crippen LogP contribution is -2.04. The fourth-order valence-corrected chi connectivity index (χ4v) is 2.36. The zero-order valence-electron chi connectivity index (χ0n) is 9.85. The number of anilines is 1. The van der Waals surface area contributed by atoms with Crippen LogP contribution < -0.4 is 5.32 Å². The summed E-state index contributed by atoms with van der Waals surface area (Å²) < 4.78 is 0.969. The number of nitrogens with zero attached hydrogens (tertiary/aromatic N) is 1. The van der Waals surface area contributed by atoms with Gasteiger partial charge in [0, 0.05) is 16.4 Å². The van der Waals surface area contributed by atoms with E-state index in [9.17, 15) is 0 Å². The normalized spacial score (nSPS) is 10.8. The van der Waals surface area contributed by atoms with Crippen LogP contribution in [-0.2, 0) is 0 Å². The minimum absolute atomic E-state index is 0.737. The van der Waals surface area contributed by atoms with Crippen LogP contribution in [0.2, 0.25) is 5.02 Å². The lowest BCUT2D eigenvalue weighted by molar-refractivity contribution is 0.968. The van der Waals surface area contributed by atoms with Gasteiger partial charge in [-0.25, -0.2) is 4.98 Å². The summed E-state index contributed by atoms with van der Waals surface area (Å²) in [7, 11) is 0. The highest BCUT2D eigenvalue weighted by Crippen LogP contribution is 2.31. The van der Waals surface area contributed by atoms with Crippen LogP contribution in [0.25, 0.3) is 10.9 Å². The summed E-state index contributed by atoms with van der Waals surface area (Å²) in [6.07, 6.45) is 1.08. The van der Waals surface area contributed by atoms with Gasteiger partial charge in [0.1, 0.15) is 5.82 Å². The fourth-order valence-electron chi connectivity index (χ4n) is 1.71. The van der Waals surface area contributed by atoms with E-state index in [0.29, 0.717) is 0 Å². The number of hydrogen-bond donors (Lipinski definition) is 1. The Bertz CT molecular complexity index is 555. The van der Waals surface area contributed by atoms with E-state index in [4.69, 9.17) is 11.6 Å². The van der Waals surface area contributed by atoms with Crippen LogP contribution in [-0.4, -0.2) is 11.5 Å². The van der Waals surface area contributed by atoms with Crippen LogP contribution in [0.4, 0.5) is 5.82 Å². The van der Waals surface area contributed by atoms with Gasteiger partial charge < -0.3 is 5.32 Å². The molecular formula is C13H14BrClN2. The third kappa shape index (κ3) is 2.55. The molecule has 0 fully saturated rings. The molecule has 1 N–H and O–H groups in total. The second-order valence-electron chi connectivity index (χ2n) is 4.01. The molecule has 0 saturated heterocycles. The maximum atomic E-state index is 6.18. The molecule has 17 heavy (non-hydrogen) atoms. The van der Waals surface area contributed by atoms with Crippen molar-refractivity contribution >= 4 is 44.3 Å². The molecule has 1 aromatic carbocycles. The highest BCUT2D eigenvalue weighted by atomic mass is 79.9. The fraction of sp³-hybridized carbons (Fsp3) is 0.308. The van der Waals surface area contributed by atoms with Crippen LogP contribution in [0.15, 0.2) is 22.7 Å². The van der Waals surface area contributed by atoms with Crippen molar-refractivity contribution in [3.8, 4) is 0 Å². The van der Waals surface area contributed by atoms with E-state index in [0.717, 1.165) is 44.7 Å². The predicted octanol–water partition coefficient (Wildman–Crippen LogP) is 4.78. The van der Waals surface area contributed by atoms with Gasteiger partial charge in [-0.1, -0.05) is 18.5 Å². The molecule has 0 amide bonds. The van der Waals surface area contributed by atoms with Gasteiger partial charge in [0.25, 0.3) is 0 Å². The Morgan fingerprint density at radius 3 is 2.88 bits per heavy atom. The summed E-state index contributed by atoms with van der Waals surface area (Å²) in [6, 6.07) is 5.89. The van der Waals surface area contributed by atoms with Crippen molar-refractivity contribution in [1.82, 2.24) is 4.98 Å². The van der Waals surface area contributed by atoms with Crippen molar-refractivity contribution in [3.05, 3.63) is 33.3 Å². The summed E-state index contributed by atoms with van der Waals surface area (Å²) >= 11 is 9.69. The average molecular weight is 314 g/mol. The summed E-state index contributed by atoms with van der Waals surface area (Å²) in [5, 5.41) is 5.05. The second-order valence-corrected chi connectivity index (χ2v) is 5.27. The quantitative estimate of drug-likeness (QED) is 0.882. The monoisotopic (exact) mass is 312 g/mol. The van der Waals surface area contributed by atoms with E-state index >= 15 is 0 Å². The Morgan fingerprint density at radius 1 is 1.41 bits per heavy atom. The van der Waals surface area contributed by atoms with Gasteiger partial charge in [-0.05, 0) is 53.0 Å². The number of halogens is 2. The minimum Gasteiger partial charge on any atom is -0.370 e. The van der Waals surface area contributed by atoms with Gasteiger partial charge in [-0.3, -0.25) is 0 Å². The standard InChI is InChI=1S/C13H14BrClN2/c1-3-6-16-13-8(2)7-9-11(15)5-4-10(14)12(9)17-13/h4-5,7H,3,6H2,1-2H3,(H,16,17). The number of pyridine rings is 1. The summed E-state index contributed by atoms with van der Waals surface area (Å²) in [4.78, 5) is 4.63. The molecule has 0 spiro atoms. The highest BCUT2D eigenvalue weighted by molar-refractivity contribution is 9.10. The van der Waals surface area contributed by atoms with Crippen molar-refractivity contribution in [2.24, 2.45) is 0 Å². The van der Waals surface area contributed by atoms with Crippen LogP contribution in [0, 0.1) is 6.92 Å². The predicted molar refractivity (Wildman–Crippen MR) is 78.0 cm³/mol. The lowest BCUT2D eigenvalue weighted by Gasteiger charge is -2.10. The van der Waals surface area contributed by atoms with Crippen LogP contribution in [0.5, 0.6) is 0 Å². The molecule has 2 rings (SSSR count). The molecule has 4 heteroatoms. The first-order valence-electron chi connectivity index (χ1n) is 5.62. The SMILES string of the molecule is CCCNc1nc2c(Br)ccc(Cl)c2cc1C. The molecule has 0 atom stereocenters. The average Bonchev–Trinajstić information content (AvgIpc) is 2.32. The van der Waals surface area contributed by atoms with Crippen LogP contribution in [0.3, 0.4) is 0 Å². The first kappa shape index (κ1) is 12.7. The maximum Gasteiger partial charge on any atom is 0.129 e. The molecule has 2 nitrogen and oxygen atoms in total. The number of aryl methyl sites for hydroxylation is 1. The molecule has 1 heterocycles. The highest BCUT2D eigenvalue weighted by Gasteiger charge is 2.08. The van der Waals surface area contributed by atoms with E-state index in [-0.39, 0.29) is 0 Å². The molecule has 0 aliphatic rings. The van der Waals surface area contributed by atoms with E-state index in [1.807, 2.05) is 19.1 Å². The number of rotatable bonds is 3. The Kier molecular flexibility index (Phi) is 3.89. The van der Waals surface area contributed by atoms with E-state index < -0.39 is 0 Å². The van der Waals surface area contributed by atoms with Gasteiger partial charge in [0.15, 0.2) is 0 Å². The third-order valence-corrected chi connectivity index (χ3v) is 3.58. The number of benzene rings is 1. The van der Waals surface area contributed by atoms with Crippen molar-refractivity contribution < 1.29 is 0 Å². The Morgan fingerprint density at radius 2 is 2.18 bits per heavy atom. The largest absolute Gasteiger partial charge is 0.370 e. The molecular weight excluding hydrogens is 300 g/mol. The Labute approximate surface area is 115 Å². The number of fused-ring (bicyclic) bond motifs is 1. The van der Waals surface area contributed by atoms with E-state index in [2.05, 4.69) is 39.2 Å². The van der Waals surface area contributed by atoms with Crippen LogP contribution >= 0.6 is 27.5 Å². The van der Waals surface area contributed by atoms with Gasteiger partial charge in [0.05, 0.1) is 10.5 Å². The van der Waals surface area contributed by atoms with Gasteiger partial charge in [-0.15, -0.1) is 0 Å². The first-order valence-corrected chi connectivity index (χ1v) is 6.79. The molecule has 0 bridgehead atoms. The molecule has 0 saturated carbocycles. The summed E-state index contributed by atoms with van der Waals surface area (Å²) in [5.41, 5.74) is 2.02. The van der Waals surface area contributed by atoms with Gasteiger partial charge in [-0.2, -0.15) is 0 Å². The first-order chi connectivity index (χ1) is 8.13. The van der Waals surface area contributed by atoms with E-state index in [1.54, 1.807) is 0 Å². The Balaban J connectivity index is 2.59. The molecule has 2 aromatic rings. The molecule has 0 radical (unpaired) electrons. The maximum absolute atomic E-state index is 6.18. The minimum atomic E-state index is 0.737. The van der Waals surface area contributed by atoms with Crippen molar-refractivity contribution in [2.45, 2.75) is 20.3 Å². The van der Waals surface area contributed by atoms with Crippen molar-refractivity contribution in [2.75, 3.05) is 11.9 Å². The summed E-state index contributed by atoms with van der Waals surface area (Å²) in [5.74, 6) is 0.933. The smallest absolute Gasteiger partial charge is 0.129 e. The van der Waals surface area contributed by atoms with Gasteiger partial charge in [0.2, 0.25) is 0 Å². The number of nitrogens with one attached hydrogen (secondary N) is 1. The zero-order chi connectivity index (χ0) is 12.4. The third-order valence-electron chi connectivity index (χ3n) is 2.62. The molecule has 0 aliphatic carbocycles. The molecule has 0 unspecified atom stereocenters. The lowest BCUT2D eigenvalue weighted by atomic mass is 10.1. The summed E-state index contributed by atoms with van der Waals surface area (Å²) in [6.45, 7) is 5.11. The Hall–Kier alpha value is -0.800. The van der Waals surface area contributed by atoms with Crippen molar-refractivity contribution in [3.63, 3.8) is 0 Å². The zero-order valence-corrected chi connectivity index (χ0v) is 12.2. The molecule has 90 valence electrons. The van der Waals surface area contributed by atoms with Gasteiger partial charge >= 0.3 is 0 Å². The van der Waals surface area contributed by atoms with Crippen molar-refractivity contribution in [1.29, 1.82) is 0 Å². The second kappa shape index (κ2) is 5.23. The van der Waals surface area contributed by atoms with Crippen LogP contribution in [0.1, 0.15) is 18.9 Å². The topological polar surface area (TPSA) is 24.9 Å². The number of aromatic nitrogens is 1. The molecule has 0 aliphatic heterocycles.